The van der Waals surface area contributed by atoms with Gasteiger partial charge in [-0.15, -0.1) is 0 Å². The van der Waals surface area contributed by atoms with Crippen LogP contribution in [-0.2, 0) is 23.9 Å². The zero-order valence-electron chi connectivity index (χ0n) is 19.5. The molecule has 0 saturated heterocycles. The highest BCUT2D eigenvalue weighted by molar-refractivity contribution is 6.16. The highest BCUT2D eigenvalue weighted by Crippen LogP contribution is 2.40. The van der Waals surface area contributed by atoms with Crippen molar-refractivity contribution in [2.45, 2.75) is 26.4 Å². The lowest BCUT2D eigenvalue weighted by molar-refractivity contribution is -0.166. The maximum absolute atomic E-state index is 13.3. The molecule has 0 aliphatic carbocycles. The zero-order valence-corrected chi connectivity index (χ0v) is 19.5. The number of fused-ring (bicyclic) bond motifs is 1. The molecule has 0 spiro atoms. The van der Waals surface area contributed by atoms with E-state index in [0.29, 0.717) is 16.8 Å². The third-order valence-corrected chi connectivity index (χ3v) is 5.19. The van der Waals surface area contributed by atoms with Crippen molar-refractivity contribution < 1.29 is 33.4 Å². The minimum Gasteiger partial charge on any atom is -0.465 e. The summed E-state index contributed by atoms with van der Waals surface area (Å²) in [6, 6.07) is 10.6. The van der Waals surface area contributed by atoms with Gasteiger partial charge >= 0.3 is 11.9 Å². The number of ether oxygens (including phenoxy) is 3. The minimum absolute atomic E-state index is 0.0359. The molecule has 11 heteroatoms. The van der Waals surface area contributed by atoms with E-state index in [-0.39, 0.29) is 30.5 Å². The van der Waals surface area contributed by atoms with Crippen molar-refractivity contribution in [1.29, 1.82) is 5.41 Å². The van der Waals surface area contributed by atoms with Gasteiger partial charge in [0, 0.05) is 16.8 Å². The molecule has 35 heavy (non-hydrogen) atoms. The van der Waals surface area contributed by atoms with E-state index in [2.05, 4.69) is 5.32 Å². The van der Waals surface area contributed by atoms with Crippen LogP contribution in [-0.4, -0.2) is 54.9 Å². The summed E-state index contributed by atoms with van der Waals surface area (Å²) >= 11 is 0. The first-order chi connectivity index (χ1) is 16.6. The highest BCUT2D eigenvalue weighted by atomic mass is 16.6. The number of hydrogen-bond donors (Lipinski definition) is 3. The van der Waals surface area contributed by atoms with Crippen LogP contribution in [0.5, 0.6) is 5.75 Å². The molecule has 0 radical (unpaired) electrons. The van der Waals surface area contributed by atoms with Crippen molar-refractivity contribution in [1.82, 2.24) is 0 Å². The van der Waals surface area contributed by atoms with Gasteiger partial charge in [0.2, 0.25) is 0 Å². The highest BCUT2D eigenvalue weighted by Gasteiger charge is 2.52. The average molecular weight is 482 g/mol. The zero-order chi connectivity index (χ0) is 25.8. The summed E-state index contributed by atoms with van der Waals surface area (Å²) in [6.07, 6.45) is 0. The Balaban J connectivity index is 1.93. The first kappa shape index (κ1) is 25.2. The van der Waals surface area contributed by atoms with E-state index in [0.717, 1.165) is 4.90 Å². The molecule has 11 nitrogen and oxygen atoms in total. The molecule has 1 aliphatic rings. The molecular formula is C24H26N4O7. The number of nitrogens with zero attached hydrogens (tertiary/aromatic N) is 1. The van der Waals surface area contributed by atoms with E-state index in [1.807, 2.05) is 0 Å². The van der Waals surface area contributed by atoms with Crippen LogP contribution < -0.4 is 20.7 Å². The molecule has 0 bridgehead atoms. The molecule has 184 valence electrons. The van der Waals surface area contributed by atoms with Crippen molar-refractivity contribution in [3.05, 3.63) is 53.6 Å². The van der Waals surface area contributed by atoms with Gasteiger partial charge < -0.3 is 25.3 Å². The first-order valence-corrected chi connectivity index (χ1v) is 10.8. The van der Waals surface area contributed by atoms with E-state index in [4.69, 9.17) is 25.4 Å². The average Bonchev–Trinajstić information content (AvgIpc) is 2.82. The molecule has 0 fully saturated rings. The third kappa shape index (κ3) is 5.24. The summed E-state index contributed by atoms with van der Waals surface area (Å²) in [6.45, 7) is 4.18. The SMILES string of the molecule is CCOC(=O)CN1C(=O)C(C)(C(=O)OCC)Oc2ccc(NC(=O)c3ccc(C(=N)N)cc3)cc21. The Morgan fingerprint density at radius 1 is 1.06 bits per heavy atom. The number of carbonyl (C=O) groups is 4. The number of anilines is 2. The lowest BCUT2D eigenvalue weighted by Gasteiger charge is -2.38. The topological polar surface area (TPSA) is 161 Å². The minimum atomic E-state index is -2.00. The van der Waals surface area contributed by atoms with Gasteiger partial charge in [0.05, 0.1) is 18.9 Å². The van der Waals surface area contributed by atoms with Gasteiger partial charge in [-0.25, -0.2) is 4.79 Å². The predicted octanol–water partition coefficient (Wildman–Crippen LogP) is 1.83. The van der Waals surface area contributed by atoms with Crippen LogP contribution in [0.3, 0.4) is 0 Å². The molecular weight excluding hydrogens is 456 g/mol. The number of benzene rings is 2. The molecule has 3 rings (SSSR count). The number of amidine groups is 1. The smallest absolute Gasteiger partial charge is 0.360 e. The third-order valence-electron chi connectivity index (χ3n) is 5.19. The second kappa shape index (κ2) is 10.2. The summed E-state index contributed by atoms with van der Waals surface area (Å²) in [5.41, 5.74) is 4.72. The fourth-order valence-electron chi connectivity index (χ4n) is 3.42. The van der Waals surface area contributed by atoms with Gasteiger partial charge in [-0.2, -0.15) is 0 Å². The number of esters is 2. The number of nitrogens with two attached hydrogens (primary N) is 1. The van der Waals surface area contributed by atoms with Crippen molar-refractivity contribution in [2.75, 3.05) is 30.0 Å². The maximum Gasteiger partial charge on any atom is 0.360 e. The summed E-state index contributed by atoms with van der Waals surface area (Å²) in [5, 5.41) is 10.1. The molecule has 1 atom stereocenters. The second-order valence-electron chi connectivity index (χ2n) is 7.68. The second-order valence-corrected chi connectivity index (χ2v) is 7.68. The molecule has 1 heterocycles. The summed E-state index contributed by atoms with van der Waals surface area (Å²) in [7, 11) is 0. The van der Waals surface area contributed by atoms with Crippen molar-refractivity contribution >= 4 is 41.0 Å². The molecule has 2 aromatic rings. The lowest BCUT2D eigenvalue weighted by atomic mass is 10.0. The summed E-state index contributed by atoms with van der Waals surface area (Å²) in [4.78, 5) is 51.8. The van der Waals surface area contributed by atoms with Gasteiger partial charge in [-0.1, -0.05) is 12.1 Å². The Morgan fingerprint density at radius 2 is 1.69 bits per heavy atom. The van der Waals surface area contributed by atoms with E-state index < -0.39 is 35.9 Å². The molecule has 4 N–H and O–H groups in total. The molecule has 0 aromatic heterocycles. The standard InChI is InChI=1S/C24H26N4O7/c1-4-33-19(29)13-28-17-12-16(27-21(30)15-8-6-14(7-9-15)20(25)26)10-11-18(17)35-24(3,22(28)31)23(32)34-5-2/h6-12H,4-5,13H2,1-3H3,(H3,25,26)(H,27,30). The first-order valence-electron chi connectivity index (χ1n) is 10.8. The fraction of sp³-hybridized carbons (Fsp3) is 0.292. The van der Waals surface area contributed by atoms with Crippen LogP contribution in [0.1, 0.15) is 36.7 Å². The quantitative estimate of drug-likeness (QED) is 0.222. The van der Waals surface area contributed by atoms with Crippen LogP contribution in [0.15, 0.2) is 42.5 Å². The Labute approximate surface area is 201 Å². The summed E-state index contributed by atoms with van der Waals surface area (Å²) < 4.78 is 15.7. The number of hydrogen-bond acceptors (Lipinski definition) is 8. The van der Waals surface area contributed by atoms with Crippen LogP contribution >= 0.6 is 0 Å². The molecule has 1 unspecified atom stereocenters. The van der Waals surface area contributed by atoms with Crippen LogP contribution in [0, 0.1) is 5.41 Å². The summed E-state index contributed by atoms with van der Waals surface area (Å²) in [5.74, 6) is -2.80. The predicted molar refractivity (Wildman–Crippen MR) is 127 cm³/mol. The number of carbonyl (C=O) groups excluding carboxylic acids is 4. The Hall–Kier alpha value is -4.41. The van der Waals surface area contributed by atoms with Crippen LogP contribution in [0.2, 0.25) is 0 Å². The van der Waals surface area contributed by atoms with Gasteiger partial charge in [0.1, 0.15) is 18.1 Å². The monoisotopic (exact) mass is 482 g/mol. The lowest BCUT2D eigenvalue weighted by Crippen LogP contribution is -2.60. The van der Waals surface area contributed by atoms with Gasteiger partial charge in [0.25, 0.3) is 17.4 Å². The Bertz CT molecular complexity index is 1180. The number of rotatable bonds is 8. The van der Waals surface area contributed by atoms with Crippen LogP contribution in [0.4, 0.5) is 11.4 Å². The van der Waals surface area contributed by atoms with E-state index in [9.17, 15) is 19.2 Å². The molecule has 2 amide bonds. The van der Waals surface area contributed by atoms with E-state index in [1.54, 1.807) is 26.0 Å². The van der Waals surface area contributed by atoms with Gasteiger partial charge in [-0.05, 0) is 51.1 Å². The number of nitrogen functional groups attached to an aromatic ring is 1. The van der Waals surface area contributed by atoms with Gasteiger partial charge in [0.15, 0.2) is 0 Å². The van der Waals surface area contributed by atoms with Gasteiger partial charge in [-0.3, -0.25) is 24.7 Å². The fourth-order valence-corrected chi connectivity index (χ4v) is 3.42. The van der Waals surface area contributed by atoms with Crippen molar-refractivity contribution in [3.8, 4) is 5.75 Å². The van der Waals surface area contributed by atoms with Crippen LogP contribution in [0.25, 0.3) is 0 Å². The number of amides is 2. The maximum atomic E-state index is 13.3. The largest absolute Gasteiger partial charge is 0.465 e. The van der Waals surface area contributed by atoms with E-state index >= 15 is 0 Å². The number of nitrogens with one attached hydrogen (secondary N) is 2. The Kier molecular flexibility index (Phi) is 7.38. The van der Waals surface area contributed by atoms with Crippen molar-refractivity contribution in [2.24, 2.45) is 5.73 Å². The van der Waals surface area contributed by atoms with E-state index in [1.165, 1.54) is 37.3 Å². The molecule has 2 aromatic carbocycles. The van der Waals surface area contributed by atoms with Crippen molar-refractivity contribution in [3.63, 3.8) is 0 Å². The Morgan fingerprint density at radius 3 is 2.29 bits per heavy atom. The normalized spacial score (nSPS) is 16.5. The molecule has 0 saturated carbocycles. The molecule has 1 aliphatic heterocycles.